The molecule has 200 valence electrons. The number of carbonyl (C=O) groups is 2. The van der Waals surface area contributed by atoms with Gasteiger partial charge in [-0.25, -0.2) is 0 Å². The second-order valence-corrected chi connectivity index (χ2v) is 11.2. The fourth-order valence-corrected chi connectivity index (χ4v) is 6.37. The lowest BCUT2D eigenvalue weighted by Crippen LogP contribution is -2.31. The highest BCUT2D eigenvalue weighted by Gasteiger charge is 2.26. The molecule has 6 rings (SSSR count). The second kappa shape index (κ2) is 10.5. The molecular formula is C35H31ClN2O2. The van der Waals surface area contributed by atoms with Crippen LogP contribution in [0, 0.1) is 17.4 Å². The smallest absolute Gasteiger partial charge is 0.257 e. The molecule has 0 heterocycles. The number of nitrogens with one attached hydrogen (secondary N) is 1. The Morgan fingerprint density at radius 1 is 0.850 bits per heavy atom. The number of hydrogen-bond acceptors (Lipinski definition) is 3. The van der Waals surface area contributed by atoms with Gasteiger partial charge in [-0.1, -0.05) is 66.2 Å². The van der Waals surface area contributed by atoms with Crippen LogP contribution in [0.2, 0.25) is 5.02 Å². The summed E-state index contributed by atoms with van der Waals surface area (Å²) in [6, 6.07) is 25.5. The number of carbonyl (C=O) groups excluding carboxylic acids is 2. The Morgan fingerprint density at radius 3 is 2.38 bits per heavy atom. The van der Waals surface area contributed by atoms with Gasteiger partial charge in [0.2, 0.25) is 0 Å². The molecule has 1 unspecified atom stereocenters. The van der Waals surface area contributed by atoms with Gasteiger partial charge in [0.05, 0.1) is 16.6 Å². The van der Waals surface area contributed by atoms with E-state index in [1.165, 1.54) is 26.8 Å². The number of Topliss-reactive ketones (excluding diaryl/α,β-unsaturated/α-hetero) is 1. The first-order valence-electron chi connectivity index (χ1n) is 13.7. The van der Waals surface area contributed by atoms with Gasteiger partial charge in [0.15, 0.2) is 5.78 Å². The van der Waals surface area contributed by atoms with E-state index in [2.05, 4.69) is 66.8 Å². The molecule has 2 aliphatic carbocycles. The Hall–Kier alpha value is -3.99. The Bertz CT molecular complexity index is 1910. The zero-order chi connectivity index (χ0) is 28.0. The van der Waals surface area contributed by atoms with Gasteiger partial charge in [-0.3, -0.25) is 14.5 Å². The van der Waals surface area contributed by atoms with Gasteiger partial charge in [-0.05, 0) is 108 Å². The Labute approximate surface area is 238 Å². The van der Waals surface area contributed by atoms with Gasteiger partial charge in [0, 0.05) is 16.8 Å². The summed E-state index contributed by atoms with van der Waals surface area (Å²) in [6.07, 6.45) is 4.99. The van der Waals surface area contributed by atoms with Gasteiger partial charge < -0.3 is 5.32 Å². The molecule has 0 saturated heterocycles. The van der Waals surface area contributed by atoms with Crippen molar-refractivity contribution < 1.29 is 9.59 Å². The number of hydrogen-bond donors (Lipinski definition) is 1. The van der Waals surface area contributed by atoms with Crippen LogP contribution in [-0.4, -0.2) is 30.7 Å². The van der Waals surface area contributed by atoms with Gasteiger partial charge in [-0.15, -0.1) is 0 Å². The molecule has 0 saturated carbocycles. The first kappa shape index (κ1) is 26.2. The number of nitrogens with zero attached hydrogens (tertiary/aromatic N) is 1. The van der Waals surface area contributed by atoms with Crippen molar-refractivity contribution in [3.05, 3.63) is 133 Å². The lowest BCUT2D eigenvalue weighted by atomic mass is 9.81. The fraction of sp³-hybridized carbons (Fsp3) is 0.200. The monoisotopic (exact) mass is 546 g/mol. The van der Waals surface area contributed by atoms with Crippen LogP contribution in [0.3, 0.4) is 0 Å². The minimum atomic E-state index is -0.279. The number of amides is 1. The zero-order valence-corrected chi connectivity index (χ0v) is 23.7. The van der Waals surface area contributed by atoms with E-state index < -0.39 is 0 Å². The predicted molar refractivity (Wildman–Crippen MR) is 162 cm³/mol. The van der Waals surface area contributed by atoms with Crippen molar-refractivity contribution in [2.24, 2.45) is 0 Å². The fourth-order valence-electron chi connectivity index (χ4n) is 6.15. The standard InChI is InChI=1S/C35H31ClN2O2/c1-21-19-23(37-35(40)30-11-6-7-14-31(30)36)15-16-24(21)34(39)29-13-8-12-27-26(29)17-18-28-25-10-5-4-9-22(25)20-32(33(27)28)38(2)3/h4-7,9-11,14-20,32H,8,12-13H2,1-3H3,(H,37,40). The Morgan fingerprint density at radius 2 is 1.60 bits per heavy atom. The van der Waals surface area contributed by atoms with Gasteiger partial charge in [0.1, 0.15) is 0 Å². The highest BCUT2D eigenvalue weighted by molar-refractivity contribution is 6.34. The van der Waals surface area contributed by atoms with E-state index in [0.29, 0.717) is 21.8 Å². The summed E-state index contributed by atoms with van der Waals surface area (Å²) in [5.41, 5.74) is 6.01. The highest BCUT2D eigenvalue weighted by Crippen LogP contribution is 2.31. The maximum atomic E-state index is 14.0. The van der Waals surface area contributed by atoms with Crippen molar-refractivity contribution in [1.82, 2.24) is 4.90 Å². The molecule has 0 spiro atoms. The van der Waals surface area contributed by atoms with E-state index in [1.54, 1.807) is 30.3 Å². The molecular weight excluding hydrogens is 516 g/mol. The normalized spacial score (nSPS) is 15.5. The summed E-state index contributed by atoms with van der Waals surface area (Å²) >= 11 is 6.19. The van der Waals surface area contributed by atoms with Crippen molar-refractivity contribution in [2.75, 3.05) is 19.4 Å². The van der Waals surface area contributed by atoms with Crippen LogP contribution in [0.1, 0.15) is 56.3 Å². The van der Waals surface area contributed by atoms with Gasteiger partial charge in [0.25, 0.3) is 5.91 Å². The Balaban J connectivity index is 1.42. The molecule has 1 amide bonds. The SMILES string of the molecule is Cc1cc(NC(=O)c2ccccc2Cl)ccc1C(=O)C1=c2ccc3c(c2CCC1)C(N(C)C)C=c1ccccc1=3. The molecule has 4 aromatic carbocycles. The largest absolute Gasteiger partial charge is 0.322 e. The third-order valence-electron chi connectivity index (χ3n) is 8.10. The topological polar surface area (TPSA) is 49.4 Å². The van der Waals surface area contributed by atoms with E-state index in [4.69, 9.17) is 11.6 Å². The van der Waals surface area contributed by atoms with Crippen molar-refractivity contribution in [3.63, 3.8) is 0 Å². The Kier molecular flexibility index (Phi) is 6.91. The number of ketones is 1. The van der Waals surface area contributed by atoms with Crippen LogP contribution < -0.4 is 15.8 Å². The van der Waals surface area contributed by atoms with Crippen LogP contribution in [-0.2, 0) is 6.42 Å². The number of halogens is 1. The molecule has 0 fully saturated rings. The number of aryl methyl sites for hydroxylation is 1. The molecule has 2 aliphatic rings. The molecule has 40 heavy (non-hydrogen) atoms. The number of benzene rings is 4. The van der Waals surface area contributed by atoms with Crippen molar-refractivity contribution >= 4 is 40.6 Å². The van der Waals surface area contributed by atoms with Crippen LogP contribution in [0.25, 0.3) is 11.6 Å². The average molecular weight is 547 g/mol. The summed E-state index contributed by atoms with van der Waals surface area (Å²) in [7, 11) is 4.23. The first-order chi connectivity index (χ1) is 19.3. The number of rotatable bonds is 5. The lowest BCUT2D eigenvalue weighted by molar-refractivity contribution is 0.102. The average Bonchev–Trinajstić information content (AvgIpc) is 2.96. The third kappa shape index (κ3) is 4.57. The summed E-state index contributed by atoms with van der Waals surface area (Å²) in [4.78, 5) is 29.0. The number of anilines is 1. The summed E-state index contributed by atoms with van der Waals surface area (Å²) in [5, 5.41) is 8.15. The van der Waals surface area contributed by atoms with Gasteiger partial charge >= 0.3 is 0 Å². The minimum absolute atomic E-state index is 0.0592. The summed E-state index contributed by atoms with van der Waals surface area (Å²) < 4.78 is 0. The van der Waals surface area contributed by atoms with E-state index in [-0.39, 0.29) is 17.7 Å². The van der Waals surface area contributed by atoms with Crippen molar-refractivity contribution in [1.29, 1.82) is 0 Å². The van der Waals surface area contributed by atoms with Crippen molar-refractivity contribution in [2.45, 2.75) is 32.2 Å². The predicted octanol–water partition coefficient (Wildman–Crippen LogP) is 5.95. The molecule has 0 bridgehead atoms. The quantitative estimate of drug-likeness (QED) is 0.314. The molecule has 5 heteroatoms. The maximum absolute atomic E-state index is 14.0. The molecule has 0 aromatic heterocycles. The van der Waals surface area contributed by atoms with Crippen LogP contribution >= 0.6 is 11.6 Å². The maximum Gasteiger partial charge on any atom is 0.257 e. The highest BCUT2D eigenvalue weighted by atomic mass is 35.5. The van der Waals surface area contributed by atoms with E-state index >= 15 is 0 Å². The van der Waals surface area contributed by atoms with Crippen LogP contribution in [0.5, 0.6) is 0 Å². The van der Waals surface area contributed by atoms with E-state index in [1.807, 2.05) is 19.1 Å². The van der Waals surface area contributed by atoms with Crippen LogP contribution in [0.15, 0.2) is 78.9 Å². The molecule has 1 N–H and O–H groups in total. The van der Waals surface area contributed by atoms with E-state index in [9.17, 15) is 9.59 Å². The van der Waals surface area contributed by atoms with Crippen molar-refractivity contribution in [3.8, 4) is 0 Å². The number of fused-ring (bicyclic) bond motifs is 4. The summed E-state index contributed by atoms with van der Waals surface area (Å²) in [6.45, 7) is 1.92. The molecule has 0 aliphatic heterocycles. The van der Waals surface area contributed by atoms with Crippen LogP contribution in [0.4, 0.5) is 5.69 Å². The molecule has 1 atom stereocenters. The van der Waals surface area contributed by atoms with E-state index in [0.717, 1.165) is 35.6 Å². The zero-order valence-electron chi connectivity index (χ0n) is 22.9. The third-order valence-corrected chi connectivity index (χ3v) is 8.43. The minimum Gasteiger partial charge on any atom is -0.322 e. The molecule has 4 aromatic rings. The van der Waals surface area contributed by atoms with Gasteiger partial charge in [-0.2, -0.15) is 0 Å². The second-order valence-electron chi connectivity index (χ2n) is 10.8. The first-order valence-corrected chi connectivity index (χ1v) is 14.0. The summed E-state index contributed by atoms with van der Waals surface area (Å²) in [5.74, 6) is -0.220. The molecule has 4 nitrogen and oxygen atoms in total. The molecule has 0 radical (unpaired) electrons. The lowest BCUT2D eigenvalue weighted by Gasteiger charge is -2.29.